The summed E-state index contributed by atoms with van der Waals surface area (Å²) in [4.78, 5) is 23.5. The molecule has 0 atom stereocenters. The van der Waals surface area contributed by atoms with Crippen molar-refractivity contribution in [1.29, 1.82) is 0 Å². The lowest BCUT2D eigenvalue weighted by atomic mass is 9.96. The molecule has 3 rings (SSSR count). The zero-order valence-corrected chi connectivity index (χ0v) is 11.8. The predicted molar refractivity (Wildman–Crippen MR) is 76.6 cm³/mol. The molecule has 1 aromatic carbocycles. The summed E-state index contributed by atoms with van der Waals surface area (Å²) in [5, 5.41) is 0.557. The zero-order valence-electron chi connectivity index (χ0n) is 11.8. The molecule has 5 nitrogen and oxygen atoms in total. The van der Waals surface area contributed by atoms with Gasteiger partial charge in [-0.1, -0.05) is 0 Å². The van der Waals surface area contributed by atoms with E-state index in [-0.39, 0.29) is 12.0 Å². The molecule has 2 aromatic rings. The largest absolute Gasteiger partial charge is 0.482 e. The van der Waals surface area contributed by atoms with E-state index in [9.17, 15) is 9.59 Å². The minimum Gasteiger partial charge on any atom is -0.482 e. The fourth-order valence-electron chi connectivity index (χ4n) is 2.59. The van der Waals surface area contributed by atoms with Crippen LogP contribution in [0.5, 0.6) is 5.75 Å². The van der Waals surface area contributed by atoms with Crippen LogP contribution >= 0.6 is 0 Å². The molecule has 0 saturated heterocycles. The van der Waals surface area contributed by atoms with E-state index in [1.54, 1.807) is 18.2 Å². The number of hydrogen-bond acceptors (Lipinski definition) is 5. The minimum absolute atomic E-state index is 0.0467. The van der Waals surface area contributed by atoms with E-state index in [4.69, 9.17) is 9.15 Å². The summed E-state index contributed by atoms with van der Waals surface area (Å²) in [6.45, 7) is -0.169. The fraction of sp³-hybridized carbons (Fsp3) is 0.375. The highest BCUT2D eigenvalue weighted by Gasteiger charge is 2.18. The Bertz CT molecular complexity index is 744. The van der Waals surface area contributed by atoms with Crippen molar-refractivity contribution in [2.24, 2.45) is 0 Å². The third-order valence-corrected chi connectivity index (χ3v) is 3.71. The second-order valence-corrected chi connectivity index (χ2v) is 5.06. The van der Waals surface area contributed by atoms with Crippen LogP contribution in [0.15, 0.2) is 27.4 Å². The Morgan fingerprint density at radius 1 is 1.29 bits per heavy atom. The monoisotopic (exact) mass is 288 g/mol. The molecule has 0 unspecified atom stereocenters. The zero-order chi connectivity index (χ0) is 14.8. The highest BCUT2D eigenvalue weighted by atomic mass is 16.6. The van der Waals surface area contributed by atoms with E-state index in [0.717, 1.165) is 37.0 Å². The van der Waals surface area contributed by atoms with E-state index in [1.807, 2.05) is 0 Å². The smallest absolute Gasteiger partial charge is 0.343 e. The summed E-state index contributed by atoms with van der Waals surface area (Å²) < 4.78 is 15.7. The van der Waals surface area contributed by atoms with Crippen molar-refractivity contribution in [2.75, 3.05) is 13.7 Å². The summed E-state index contributed by atoms with van der Waals surface area (Å²) >= 11 is 0. The van der Waals surface area contributed by atoms with Crippen molar-refractivity contribution in [3.63, 3.8) is 0 Å². The van der Waals surface area contributed by atoms with Crippen molar-refractivity contribution in [3.05, 3.63) is 39.7 Å². The third-order valence-electron chi connectivity index (χ3n) is 3.71. The van der Waals surface area contributed by atoms with Crippen LogP contribution in [0.25, 0.3) is 11.0 Å². The number of carbonyl (C=O) groups excluding carboxylic acids is 1. The molecule has 0 amide bonds. The Labute approximate surface area is 121 Å². The Balaban J connectivity index is 1.98. The first-order valence-corrected chi connectivity index (χ1v) is 6.97. The molecule has 0 N–H and O–H groups in total. The molecule has 1 aromatic heterocycles. The molecule has 0 bridgehead atoms. The summed E-state index contributed by atoms with van der Waals surface area (Å²) in [5.41, 5.74) is 1.35. The predicted octanol–water partition coefficient (Wildman–Crippen LogP) is 2.22. The maximum Gasteiger partial charge on any atom is 0.343 e. The van der Waals surface area contributed by atoms with Crippen LogP contribution in [0.2, 0.25) is 0 Å². The van der Waals surface area contributed by atoms with Gasteiger partial charge in [0.05, 0.1) is 12.5 Å². The molecule has 0 saturated carbocycles. The fourth-order valence-corrected chi connectivity index (χ4v) is 2.59. The van der Waals surface area contributed by atoms with E-state index in [2.05, 4.69) is 4.74 Å². The van der Waals surface area contributed by atoms with Crippen molar-refractivity contribution < 1.29 is 18.7 Å². The molecule has 1 aliphatic rings. The van der Waals surface area contributed by atoms with Crippen molar-refractivity contribution in [2.45, 2.75) is 25.7 Å². The quantitative estimate of drug-likeness (QED) is 0.810. The van der Waals surface area contributed by atoms with Crippen LogP contribution in [-0.2, 0) is 22.4 Å². The van der Waals surface area contributed by atoms with Gasteiger partial charge in [-0.3, -0.25) is 4.79 Å². The van der Waals surface area contributed by atoms with Gasteiger partial charge in [-0.15, -0.1) is 0 Å². The third kappa shape index (κ3) is 2.63. The van der Waals surface area contributed by atoms with Crippen LogP contribution in [-0.4, -0.2) is 19.7 Å². The van der Waals surface area contributed by atoms with Crippen molar-refractivity contribution in [3.8, 4) is 5.75 Å². The average molecular weight is 288 g/mol. The number of ether oxygens (including phenoxy) is 2. The van der Waals surface area contributed by atoms with E-state index < -0.39 is 5.97 Å². The second-order valence-electron chi connectivity index (χ2n) is 5.06. The molecular formula is C16H16O5. The Kier molecular flexibility index (Phi) is 3.64. The Morgan fingerprint density at radius 2 is 2.10 bits per heavy atom. The van der Waals surface area contributed by atoms with Gasteiger partial charge in [-0.25, -0.2) is 4.79 Å². The molecular weight excluding hydrogens is 272 g/mol. The highest BCUT2D eigenvalue weighted by molar-refractivity contribution is 5.79. The maximum absolute atomic E-state index is 12.4. The van der Waals surface area contributed by atoms with Gasteiger partial charge in [0.15, 0.2) is 12.0 Å². The Hall–Kier alpha value is -2.30. The van der Waals surface area contributed by atoms with E-state index in [0.29, 0.717) is 16.7 Å². The lowest BCUT2D eigenvalue weighted by Gasteiger charge is -2.14. The molecule has 0 fully saturated rings. The van der Waals surface area contributed by atoms with Crippen molar-refractivity contribution in [1.82, 2.24) is 0 Å². The number of methoxy groups -OCH3 is 1. The maximum atomic E-state index is 12.4. The second kappa shape index (κ2) is 5.60. The Morgan fingerprint density at radius 3 is 2.90 bits per heavy atom. The minimum atomic E-state index is -0.456. The van der Waals surface area contributed by atoms with E-state index in [1.165, 1.54) is 7.11 Å². The lowest BCUT2D eigenvalue weighted by molar-refractivity contribution is -0.142. The molecule has 0 aliphatic heterocycles. The van der Waals surface area contributed by atoms with Gasteiger partial charge in [0, 0.05) is 18.1 Å². The summed E-state index contributed by atoms with van der Waals surface area (Å²) in [7, 11) is 1.30. The number of rotatable bonds is 3. The van der Waals surface area contributed by atoms with Gasteiger partial charge in [0.25, 0.3) is 0 Å². The van der Waals surface area contributed by atoms with Crippen LogP contribution in [0, 0.1) is 0 Å². The van der Waals surface area contributed by atoms with Gasteiger partial charge in [0.1, 0.15) is 17.1 Å². The molecule has 21 heavy (non-hydrogen) atoms. The van der Waals surface area contributed by atoms with Gasteiger partial charge in [-0.05, 0) is 31.4 Å². The normalized spacial score (nSPS) is 13.8. The van der Waals surface area contributed by atoms with Crippen LogP contribution in [0.3, 0.4) is 0 Å². The molecule has 5 heteroatoms. The number of carbonyl (C=O) groups is 1. The van der Waals surface area contributed by atoms with Gasteiger partial charge < -0.3 is 13.9 Å². The van der Waals surface area contributed by atoms with Gasteiger partial charge >= 0.3 is 5.97 Å². The summed E-state index contributed by atoms with van der Waals surface area (Å²) in [6.07, 6.45) is 3.66. The van der Waals surface area contributed by atoms with Gasteiger partial charge in [0.2, 0.25) is 0 Å². The number of esters is 1. The molecule has 1 heterocycles. The van der Waals surface area contributed by atoms with Crippen molar-refractivity contribution >= 4 is 16.9 Å². The summed E-state index contributed by atoms with van der Waals surface area (Å²) in [5.74, 6) is 0.803. The van der Waals surface area contributed by atoms with E-state index >= 15 is 0 Å². The highest BCUT2D eigenvalue weighted by Crippen LogP contribution is 2.25. The van der Waals surface area contributed by atoms with Crippen LogP contribution < -0.4 is 10.2 Å². The molecule has 110 valence electrons. The number of aryl methyl sites for hydroxylation is 1. The first-order valence-electron chi connectivity index (χ1n) is 6.97. The molecule has 1 aliphatic carbocycles. The number of hydrogen-bond donors (Lipinski definition) is 0. The standard InChI is InChI=1S/C16H16O5/c1-19-15(17)9-20-10-6-7-12-14(8-10)21-13-5-3-2-4-11(13)16(12)18/h6-8H,2-5,9H2,1H3. The number of fused-ring (bicyclic) bond motifs is 2. The lowest BCUT2D eigenvalue weighted by Crippen LogP contribution is -2.16. The van der Waals surface area contributed by atoms with Crippen LogP contribution in [0.1, 0.15) is 24.2 Å². The molecule has 0 spiro atoms. The first-order chi connectivity index (χ1) is 10.2. The SMILES string of the molecule is COC(=O)COc1ccc2c(=O)c3c(oc2c1)CCCC3. The summed E-state index contributed by atoms with van der Waals surface area (Å²) in [6, 6.07) is 4.99. The number of benzene rings is 1. The topological polar surface area (TPSA) is 65.7 Å². The van der Waals surface area contributed by atoms with Gasteiger partial charge in [-0.2, -0.15) is 0 Å². The van der Waals surface area contributed by atoms with Crippen LogP contribution in [0.4, 0.5) is 0 Å². The average Bonchev–Trinajstić information content (AvgIpc) is 2.52. The first kappa shape index (κ1) is 13.7. The molecule has 0 radical (unpaired) electrons.